The smallest absolute Gasteiger partial charge is 0.220 e. The van der Waals surface area contributed by atoms with Gasteiger partial charge in [0, 0.05) is 12.0 Å². The summed E-state index contributed by atoms with van der Waals surface area (Å²) < 4.78 is 0. The normalized spacial score (nSPS) is 11.0. The van der Waals surface area contributed by atoms with Crippen LogP contribution in [-0.4, -0.2) is 11.4 Å². The Kier molecular flexibility index (Phi) is 5.44. The molecular formula is C11H21NO. The quantitative estimate of drug-likeness (QED) is 0.515. The van der Waals surface area contributed by atoms with Crippen molar-refractivity contribution in [2.45, 2.75) is 52.0 Å². The number of carbonyl (C=O) groups is 1. The van der Waals surface area contributed by atoms with E-state index in [1.54, 1.807) is 0 Å². The Morgan fingerprint density at radius 1 is 1.38 bits per heavy atom. The van der Waals surface area contributed by atoms with Crippen molar-refractivity contribution >= 4 is 5.91 Å². The Labute approximate surface area is 81.4 Å². The topological polar surface area (TPSA) is 29.1 Å². The highest BCUT2D eigenvalue weighted by molar-refractivity contribution is 5.76. The van der Waals surface area contributed by atoms with E-state index in [2.05, 4.69) is 11.9 Å². The van der Waals surface area contributed by atoms with Gasteiger partial charge in [-0.05, 0) is 40.0 Å². The number of carbonyl (C=O) groups excluding carboxylic acids is 1. The lowest BCUT2D eigenvalue weighted by Gasteiger charge is -2.20. The summed E-state index contributed by atoms with van der Waals surface area (Å²) in [5.74, 6) is 0.150. The molecule has 2 heteroatoms. The zero-order valence-electron chi connectivity index (χ0n) is 9.02. The fourth-order valence-corrected chi connectivity index (χ4v) is 1.05. The third-order valence-electron chi connectivity index (χ3n) is 1.58. The van der Waals surface area contributed by atoms with Gasteiger partial charge in [0.15, 0.2) is 0 Å². The van der Waals surface area contributed by atoms with Crippen LogP contribution in [0.3, 0.4) is 0 Å². The molecule has 0 fully saturated rings. The number of allylic oxidation sites excluding steroid dienone is 1. The van der Waals surface area contributed by atoms with E-state index in [-0.39, 0.29) is 11.4 Å². The molecule has 1 N–H and O–H groups in total. The molecule has 0 aliphatic heterocycles. The fourth-order valence-electron chi connectivity index (χ4n) is 1.05. The standard InChI is InChI=1S/C11H21NO/c1-5-6-7-8-9-10(13)12-11(2,3)4/h5H,1,6-9H2,2-4H3,(H,12,13). The van der Waals surface area contributed by atoms with Crippen molar-refractivity contribution in [1.82, 2.24) is 5.32 Å². The summed E-state index contributed by atoms with van der Waals surface area (Å²) >= 11 is 0. The number of rotatable bonds is 5. The van der Waals surface area contributed by atoms with Crippen LogP contribution in [0.15, 0.2) is 12.7 Å². The Bertz CT molecular complexity index is 167. The Hall–Kier alpha value is -0.790. The van der Waals surface area contributed by atoms with Crippen molar-refractivity contribution < 1.29 is 4.79 Å². The molecule has 0 bridgehead atoms. The lowest BCUT2D eigenvalue weighted by Crippen LogP contribution is -2.40. The molecule has 0 aromatic rings. The van der Waals surface area contributed by atoms with E-state index in [1.165, 1.54) is 0 Å². The van der Waals surface area contributed by atoms with Gasteiger partial charge in [0.1, 0.15) is 0 Å². The molecule has 0 unspecified atom stereocenters. The predicted octanol–water partition coefficient (Wildman–Crippen LogP) is 2.65. The van der Waals surface area contributed by atoms with Crippen molar-refractivity contribution in [3.05, 3.63) is 12.7 Å². The van der Waals surface area contributed by atoms with E-state index >= 15 is 0 Å². The third kappa shape index (κ3) is 9.12. The minimum absolute atomic E-state index is 0.102. The minimum atomic E-state index is -0.102. The summed E-state index contributed by atoms with van der Waals surface area (Å²) in [5, 5.41) is 2.93. The molecule has 0 aliphatic carbocycles. The van der Waals surface area contributed by atoms with Crippen LogP contribution in [0.5, 0.6) is 0 Å². The molecule has 0 atom stereocenters. The van der Waals surface area contributed by atoms with E-state index in [4.69, 9.17) is 0 Å². The molecule has 0 saturated carbocycles. The fraction of sp³-hybridized carbons (Fsp3) is 0.727. The highest BCUT2D eigenvalue weighted by Gasteiger charge is 2.12. The largest absolute Gasteiger partial charge is 0.352 e. The van der Waals surface area contributed by atoms with Gasteiger partial charge < -0.3 is 5.32 Å². The molecule has 76 valence electrons. The first-order valence-corrected chi connectivity index (χ1v) is 4.87. The molecule has 0 saturated heterocycles. The number of amides is 1. The molecule has 0 radical (unpaired) electrons. The monoisotopic (exact) mass is 183 g/mol. The summed E-state index contributed by atoms with van der Waals surface area (Å²) in [5.41, 5.74) is -0.102. The van der Waals surface area contributed by atoms with E-state index in [0.717, 1.165) is 19.3 Å². The third-order valence-corrected chi connectivity index (χ3v) is 1.58. The van der Waals surface area contributed by atoms with Crippen LogP contribution in [-0.2, 0) is 4.79 Å². The second kappa shape index (κ2) is 5.79. The van der Waals surface area contributed by atoms with E-state index in [0.29, 0.717) is 6.42 Å². The maximum Gasteiger partial charge on any atom is 0.220 e. The van der Waals surface area contributed by atoms with Gasteiger partial charge in [-0.15, -0.1) is 6.58 Å². The van der Waals surface area contributed by atoms with E-state index in [1.807, 2.05) is 26.8 Å². The van der Waals surface area contributed by atoms with Gasteiger partial charge in [0.05, 0.1) is 0 Å². The summed E-state index contributed by atoms with van der Waals surface area (Å²) in [6, 6.07) is 0. The minimum Gasteiger partial charge on any atom is -0.352 e. The molecule has 0 aliphatic rings. The van der Waals surface area contributed by atoms with Crippen LogP contribution >= 0.6 is 0 Å². The van der Waals surface area contributed by atoms with Crippen LogP contribution in [0, 0.1) is 0 Å². The summed E-state index contributed by atoms with van der Waals surface area (Å²) in [6.45, 7) is 9.62. The zero-order valence-corrected chi connectivity index (χ0v) is 9.02. The number of hydrogen-bond acceptors (Lipinski definition) is 1. The van der Waals surface area contributed by atoms with Gasteiger partial charge in [-0.3, -0.25) is 4.79 Å². The maximum atomic E-state index is 11.3. The van der Waals surface area contributed by atoms with Gasteiger partial charge in [0.2, 0.25) is 5.91 Å². The Morgan fingerprint density at radius 3 is 2.46 bits per heavy atom. The molecule has 0 aromatic heterocycles. The van der Waals surface area contributed by atoms with Gasteiger partial charge in [-0.2, -0.15) is 0 Å². The first kappa shape index (κ1) is 12.2. The van der Waals surface area contributed by atoms with Crippen LogP contribution < -0.4 is 5.32 Å². The Balaban J connectivity index is 3.47. The lowest BCUT2D eigenvalue weighted by molar-refractivity contribution is -0.122. The van der Waals surface area contributed by atoms with Crippen molar-refractivity contribution in [3.63, 3.8) is 0 Å². The molecule has 2 nitrogen and oxygen atoms in total. The van der Waals surface area contributed by atoms with Gasteiger partial charge >= 0.3 is 0 Å². The molecule has 1 amide bonds. The number of nitrogens with one attached hydrogen (secondary N) is 1. The first-order valence-electron chi connectivity index (χ1n) is 4.87. The molecule has 13 heavy (non-hydrogen) atoms. The average molecular weight is 183 g/mol. The van der Waals surface area contributed by atoms with E-state index < -0.39 is 0 Å². The summed E-state index contributed by atoms with van der Waals surface area (Å²) in [6.07, 6.45) is 5.53. The van der Waals surface area contributed by atoms with Crippen molar-refractivity contribution in [3.8, 4) is 0 Å². The lowest BCUT2D eigenvalue weighted by atomic mass is 10.1. The van der Waals surface area contributed by atoms with Gasteiger partial charge in [0.25, 0.3) is 0 Å². The number of unbranched alkanes of at least 4 members (excludes halogenated alkanes) is 2. The van der Waals surface area contributed by atoms with Crippen LogP contribution in [0.1, 0.15) is 46.5 Å². The van der Waals surface area contributed by atoms with Crippen molar-refractivity contribution in [2.75, 3.05) is 0 Å². The first-order chi connectivity index (χ1) is 5.95. The highest BCUT2D eigenvalue weighted by atomic mass is 16.1. The summed E-state index contributed by atoms with van der Waals surface area (Å²) in [4.78, 5) is 11.3. The van der Waals surface area contributed by atoms with Crippen LogP contribution in [0.25, 0.3) is 0 Å². The molecule has 0 spiro atoms. The molecule has 0 aromatic carbocycles. The van der Waals surface area contributed by atoms with Crippen molar-refractivity contribution in [2.24, 2.45) is 0 Å². The summed E-state index contributed by atoms with van der Waals surface area (Å²) in [7, 11) is 0. The zero-order chi connectivity index (χ0) is 10.3. The van der Waals surface area contributed by atoms with Gasteiger partial charge in [-0.1, -0.05) is 6.08 Å². The SMILES string of the molecule is C=CCCCCC(=O)NC(C)(C)C. The Morgan fingerprint density at radius 2 is 2.00 bits per heavy atom. The van der Waals surface area contributed by atoms with E-state index in [9.17, 15) is 4.79 Å². The molecular weight excluding hydrogens is 162 g/mol. The van der Waals surface area contributed by atoms with Crippen LogP contribution in [0.4, 0.5) is 0 Å². The van der Waals surface area contributed by atoms with Crippen LogP contribution in [0.2, 0.25) is 0 Å². The second-order valence-electron chi connectivity index (χ2n) is 4.33. The average Bonchev–Trinajstić information content (AvgIpc) is 1.94. The predicted molar refractivity (Wildman–Crippen MR) is 56.6 cm³/mol. The van der Waals surface area contributed by atoms with Crippen molar-refractivity contribution in [1.29, 1.82) is 0 Å². The molecule has 0 heterocycles. The second-order valence-corrected chi connectivity index (χ2v) is 4.33. The highest BCUT2D eigenvalue weighted by Crippen LogP contribution is 2.03. The maximum absolute atomic E-state index is 11.3. The van der Waals surface area contributed by atoms with Gasteiger partial charge in [-0.25, -0.2) is 0 Å². The number of hydrogen-bond donors (Lipinski definition) is 1. The molecule has 0 rings (SSSR count).